The summed E-state index contributed by atoms with van der Waals surface area (Å²) >= 11 is 0. The van der Waals surface area contributed by atoms with Gasteiger partial charge in [0.05, 0.1) is 22.7 Å². The van der Waals surface area contributed by atoms with Crippen LogP contribution in [0.25, 0.3) is 54.9 Å². The first kappa shape index (κ1) is 76.3. The second-order valence-corrected chi connectivity index (χ2v) is 16.0. The van der Waals surface area contributed by atoms with Gasteiger partial charge in [0.2, 0.25) is 0 Å². The van der Waals surface area contributed by atoms with Gasteiger partial charge in [-0.2, -0.15) is 0 Å². The Hall–Kier alpha value is -7.68. The molecule has 10 aromatic rings. The van der Waals surface area contributed by atoms with Crippen molar-refractivity contribution in [2.24, 2.45) is 0 Å². The Bertz CT molecular complexity index is 3050. The molecule has 450 valence electrons. The van der Waals surface area contributed by atoms with Gasteiger partial charge in [-0.1, -0.05) is 336 Å². The summed E-state index contributed by atoms with van der Waals surface area (Å²) in [6, 6.07) is 80.6. The quantitative estimate of drug-likeness (QED) is 0.157. The van der Waals surface area contributed by atoms with Crippen LogP contribution in [-0.4, -0.2) is 0 Å². The van der Waals surface area contributed by atoms with Gasteiger partial charge >= 0.3 is 0 Å². The van der Waals surface area contributed by atoms with Crippen LogP contribution < -0.4 is 9.80 Å². The molecule has 84 heavy (non-hydrogen) atoms. The molecular weight excluding hydrogens is 1010 g/mol. The van der Waals surface area contributed by atoms with E-state index in [9.17, 15) is 0 Å². The molecule has 2 heteroatoms. The van der Waals surface area contributed by atoms with Crippen LogP contribution in [0.3, 0.4) is 0 Å². The van der Waals surface area contributed by atoms with Crippen LogP contribution >= 0.6 is 0 Å². The molecule has 2 aliphatic rings. The van der Waals surface area contributed by atoms with Crippen molar-refractivity contribution >= 4 is 55.7 Å². The zero-order chi connectivity index (χ0) is 63.6. The lowest BCUT2D eigenvalue weighted by molar-refractivity contribution is 1.19. The summed E-state index contributed by atoms with van der Waals surface area (Å²) in [5.74, 6) is 0. The van der Waals surface area contributed by atoms with E-state index in [4.69, 9.17) is 0 Å². The van der Waals surface area contributed by atoms with Gasteiger partial charge in [0.25, 0.3) is 0 Å². The van der Waals surface area contributed by atoms with Gasteiger partial charge in [-0.05, 0) is 115 Å². The normalized spacial score (nSPS) is 9.57. The second kappa shape index (κ2) is 44.8. The Morgan fingerprint density at radius 1 is 0.214 bits per heavy atom. The summed E-state index contributed by atoms with van der Waals surface area (Å²) in [6.45, 7) is 48.0. The van der Waals surface area contributed by atoms with Gasteiger partial charge in [-0.25, -0.2) is 0 Å². The third-order valence-electron chi connectivity index (χ3n) is 12.7. The number of nitrogens with zero attached hydrogens (tertiary/aromatic N) is 2. The standard InChI is InChI=1S/C58H40N2.12C2H6/c1-3-21-43(22-4-1)59(53-31-15-29-49-45-25-11-9-19-41(45)37-51(49)53)55-35-33-39-17-7-13-27-47(39)57(55)58-48-28-14-8-18-40(48)34-36-56(58)60(44-23-5-2-6-24-44)54-32-16-30-50-46-26-12-10-20-42(46)38-52(50)54;12*1-2/h1-36H,37-38H2;12*1-2H3. The van der Waals surface area contributed by atoms with Crippen molar-refractivity contribution in [1.29, 1.82) is 0 Å². The lowest BCUT2D eigenvalue weighted by Gasteiger charge is -2.34. The Labute approximate surface area is 515 Å². The van der Waals surface area contributed by atoms with E-state index in [-0.39, 0.29) is 0 Å². The minimum atomic E-state index is 0.886. The Morgan fingerprint density at radius 3 is 0.821 bits per heavy atom. The van der Waals surface area contributed by atoms with Gasteiger partial charge in [-0.15, -0.1) is 0 Å². The topological polar surface area (TPSA) is 6.48 Å². The first-order valence-corrected chi connectivity index (χ1v) is 32.9. The molecule has 0 bridgehead atoms. The predicted octanol–water partition coefficient (Wildman–Crippen LogP) is 28.1. The zero-order valence-electron chi connectivity index (χ0n) is 57.1. The van der Waals surface area contributed by atoms with Gasteiger partial charge in [0.1, 0.15) is 0 Å². The molecule has 12 rings (SSSR count). The monoisotopic (exact) mass is 1120 g/mol. The summed E-state index contributed by atoms with van der Waals surface area (Å²) in [5.41, 5.74) is 20.1. The number of anilines is 6. The van der Waals surface area contributed by atoms with Crippen molar-refractivity contribution in [2.45, 2.75) is 179 Å². The summed E-state index contributed by atoms with van der Waals surface area (Å²) in [4.78, 5) is 5.06. The van der Waals surface area contributed by atoms with Crippen molar-refractivity contribution in [3.8, 4) is 33.4 Å². The minimum absolute atomic E-state index is 0.886. The molecule has 0 atom stereocenters. The highest BCUT2D eigenvalue weighted by atomic mass is 15.2. The fourth-order valence-corrected chi connectivity index (χ4v) is 10.1. The Kier molecular flexibility index (Phi) is 40.7. The lowest BCUT2D eigenvalue weighted by Crippen LogP contribution is -2.16. The fourth-order valence-electron chi connectivity index (χ4n) is 10.1. The van der Waals surface area contributed by atoms with Crippen molar-refractivity contribution in [2.75, 3.05) is 9.80 Å². The van der Waals surface area contributed by atoms with Crippen LogP contribution in [-0.2, 0) is 12.8 Å². The number of hydrogen-bond donors (Lipinski definition) is 0. The third-order valence-corrected chi connectivity index (χ3v) is 12.7. The molecule has 0 unspecified atom stereocenters. The molecule has 2 nitrogen and oxygen atoms in total. The number of hydrogen-bond acceptors (Lipinski definition) is 2. The maximum Gasteiger partial charge on any atom is 0.0547 e. The molecule has 10 aromatic carbocycles. The maximum absolute atomic E-state index is 2.53. The molecule has 0 N–H and O–H groups in total. The fraction of sp³-hybridized carbons (Fsp3) is 0.317. The van der Waals surface area contributed by atoms with Crippen molar-refractivity contribution in [1.82, 2.24) is 0 Å². The summed E-state index contributed by atoms with van der Waals surface area (Å²) in [7, 11) is 0. The van der Waals surface area contributed by atoms with Gasteiger partial charge in [0, 0.05) is 35.3 Å². The van der Waals surface area contributed by atoms with Gasteiger partial charge in [0.15, 0.2) is 0 Å². The first-order valence-electron chi connectivity index (χ1n) is 32.9. The largest absolute Gasteiger partial charge is 0.310 e. The molecule has 2 aliphatic carbocycles. The minimum Gasteiger partial charge on any atom is -0.310 e. The number of benzene rings is 10. The van der Waals surface area contributed by atoms with E-state index in [0.717, 1.165) is 35.6 Å². The Balaban J connectivity index is 0.00000258. The van der Waals surface area contributed by atoms with Crippen LogP contribution in [0.4, 0.5) is 34.1 Å². The average molecular weight is 1130 g/mol. The SMILES string of the molecule is CC.CC.CC.CC.CC.CC.CC.CC.CC.CC.CC.CC.c1ccc(N(c2cccc3c2Cc2ccccc2-3)c2ccc3ccccc3c2-c2c(N(c3ccccc3)c3cccc4c3Cc3ccccc3-4)ccc3ccccc23)cc1. The van der Waals surface area contributed by atoms with E-state index in [1.54, 1.807) is 0 Å². The van der Waals surface area contributed by atoms with Gasteiger partial charge in [-0.3, -0.25) is 0 Å². The Morgan fingerprint density at radius 2 is 0.488 bits per heavy atom. The van der Waals surface area contributed by atoms with Crippen LogP contribution in [0.2, 0.25) is 0 Å². The van der Waals surface area contributed by atoms with Gasteiger partial charge < -0.3 is 9.80 Å². The zero-order valence-corrected chi connectivity index (χ0v) is 57.1. The maximum atomic E-state index is 2.53. The lowest BCUT2D eigenvalue weighted by atomic mass is 9.89. The van der Waals surface area contributed by atoms with E-state index in [0.29, 0.717) is 0 Å². The summed E-state index contributed by atoms with van der Waals surface area (Å²) in [6.07, 6.45) is 1.77. The van der Waals surface area contributed by atoms with E-state index < -0.39 is 0 Å². The summed E-state index contributed by atoms with van der Waals surface area (Å²) < 4.78 is 0. The van der Waals surface area contributed by atoms with Crippen LogP contribution in [0.5, 0.6) is 0 Å². The molecule has 0 spiro atoms. The molecule has 0 saturated heterocycles. The van der Waals surface area contributed by atoms with E-state index in [1.807, 2.05) is 166 Å². The number of rotatable bonds is 7. The van der Waals surface area contributed by atoms with Crippen LogP contribution in [0.1, 0.15) is 188 Å². The average Bonchev–Trinajstić information content (AvgIpc) is 2.27. The highest BCUT2D eigenvalue weighted by Crippen LogP contribution is 2.54. The molecular formula is C82H112N2. The van der Waals surface area contributed by atoms with Crippen molar-refractivity contribution in [3.63, 3.8) is 0 Å². The van der Waals surface area contributed by atoms with Crippen LogP contribution in [0, 0.1) is 0 Å². The third kappa shape index (κ3) is 17.7. The predicted molar refractivity (Wildman–Crippen MR) is 389 cm³/mol. The number of para-hydroxylation sites is 2. The van der Waals surface area contributed by atoms with E-state index >= 15 is 0 Å². The first-order chi connectivity index (χ1) is 41.8. The van der Waals surface area contributed by atoms with Crippen molar-refractivity contribution in [3.05, 3.63) is 241 Å². The number of fused-ring (bicyclic) bond motifs is 8. The van der Waals surface area contributed by atoms with Crippen molar-refractivity contribution < 1.29 is 0 Å². The smallest absolute Gasteiger partial charge is 0.0547 e. The summed E-state index contributed by atoms with van der Waals surface area (Å²) in [5, 5.41) is 4.83. The van der Waals surface area contributed by atoms with Crippen LogP contribution in [0.15, 0.2) is 218 Å². The second-order valence-electron chi connectivity index (χ2n) is 16.0. The molecule has 0 radical (unpaired) electrons. The van der Waals surface area contributed by atoms with E-state index in [2.05, 4.69) is 228 Å². The molecule has 0 saturated carbocycles. The molecule has 0 fully saturated rings. The molecule has 0 aliphatic heterocycles. The highest BCUT2D eigenvalue weighted by molar-refractivity contribution is 6.16. The highest BCUT2D eigenvalue weighted by Gasteiger charge is 2.31. The molecule has 0 amide bonds. The van der Waals surface area contributed by atoms with E-state index in [1.165, 1.54) is 88.6 Å². The molecule has 0 aromatic heterocycles. The molecule has 0 heterocycles.